The van der Waals surface area contributed by atoms with Crippen LogP contribution >= 0.6 is 0 Å². The first-order valence-electron chi connectivity index (χ1n) is 29.0. The molecule has 0 heterocycles. The molecule has 5 heteroatoms. The minimum atomic E-state index is -0.808. The molecule has 0 fully saturated rings. The van der Waals surface area contributed by atoms with E-state index < -0.39 is 6.10 Å². The van der Waals surface area contributed by atoms with E-state index in [4.69, 9.17) is 9.47 Å². The number of ether oxygens (including phenoxy) is 2. The van der Waals surface area contributed by atoms with E-state index in [1.165, 1.54) is 0 Å². The van der Waals surface area contributed by atoms with Crippen molar-refractivity contribution in [1.82, 2.24) is 0 Å². The lowest BCUT2D eigenvalue weighted by Gasteiger charge is -2.15. The van der Waals surface area contributed by atoms with Gasteiger partial charge in [0.2, 0.25) is 0 Å². The molecule has 0 saturated carbocycles. The lowest BCUT2D eigenvalue weighted by molar-refractivity contribution is -0.161. The van der Waals surface area contributed by atoms with Gasteiger partial charge in [0.15, 0.2) is 6.10 Å². The molecule has 0 aromatic heterocycles. The summed E-state index contributed by atoms with van der Waals surface area (Å²) in [5.74, 6) is -0.652. The highest BCUT2D eigenvalue weighted by Crippen LogP contribution is 2.12. The Bertz CT molecular complexity index is 1760. The lowest BCUT2D eigenvalue weighted by atomic mass is 10.1. The molecule has 74 heavy (non-hydrogen) atoms. The summed E-state index contributed by atoms with van der Waals surface area (Å²) in [4.78, 5) is 24.5. The highest BCUT2D eigenvalue weighted by molar-refractivity contribution is 5.70. The highest BCUT2D eigenvalue weighted by atomic mass is 16.6. The standard InChI is InChI=1S/C69H104O5/c1-3-5-7-9-11-13-15-17-19-21-23-25-26-27-28-29-30-31-32-33-34-35-36-37-38-39-40-41-42-44-46-48-50-52-54-56-58-60-62-64-69(72)74-67(65-70)66-73-68(71)63-61-59-57-55-53-51-49-47-45-43-24-22-20-18-16-14-12-10-8-6-4-2/h5-8,11-14,17-20,23-25,27-28,30-31,33-34,36-37,39-40,42-44,47-50,67,70H,3-4,9-10,15-16,21-22,26,29,32,35,38,41,45-46,51-66H2,1-2H3/b7-5-,8-6-,13-11-,14-12-,19-17-,20-18-,25-23-,28-27-,31-30-,34-33-,37-36-,40-39-,43-24-,44-42-,49-47-,50-48-. The van der Waals surface area contributed by atoms with E-state index in [0.29, 0.717) is 12.8 Å². The number of allylic oxidation sites excluding steroid dienone is 32. The molecule has 0 aromatic rings. The number of rotatable bonds is 50. The van der Waals surface area contributed by atoms with E-state index in [-0.39, 0.29) is 25.2 Å². The van der Waals surface area contributed by atoms with E-state index in [2.05, 4.69) is 208 Å². The van der Waals surface area contributed by atoms with Crippen molar-refractivity contribution >= 4 is 11.9 Å². The van der Waals surface area contributed by atoms with Gasteiger partial charge in [-0.2, -0.15) is 0 Å². The smallest absolute Gasteiger partial charge is 0.306 e. The Kier molecular flexibility index (Phi) is 57.6. The average Bonchev–Trinajstić information content (AvgIpc) is 3.40. The topological polar surface area (TPSA) is 72.8 Å². The van der Waals surface area contributed by atoms with Crippen LogP contribution in [0.15, 0.2) is 194 Å². The molecule has 0 aliphatic heterocycles. The number of aliphatic hydroxyl groups is 1. The number of hydrogen-bond acceptors (Lipinski definition) is 5. The van der Waals surface area contributed by atoms with Gasteiger partial charge in [-0.1, -0.05) is 247 Å². The zero-order chi connectivity index (χ0) is 53.4. The molecule has 1 atom stereocenters. The quantitative estimate of drug-likeness (QED) is 0.0373. The fourth-order valence-corrected chi connectivity index (χ4v) is 7.11. The molecule has 0 radical (unpaired) electrons. The predicted octanol–water partition coefficient (Wildman–Crippen LogP) is 20.1. The molecule has 0 bridgehead atoms. The molecule has 0 aromatic carbocycles. The number of hydrogen-bond donors (Lipinski definition) is 1. The first-order valence-corrected chi connectivity index (χ1v) is 29.0. The van der Waals surface area contributed by atoms with Gasteiger partial charge < -0.3 is 14.6 Å². The molecule has 1 unspecified atom stereocenters. The van der Waals surface area contributed by atoms with Gasteiger partial charge in [-0.25, -0.2) is 0 Å². The molecular weight excluding hydrogens is 909 g/mol. The molecule has 410 valence electrons. The van der Waals surface area contributed by atoms with E-state index >= 15 is 0 Å². The van der Waals surface area contributed by atoms with Gasteiger partial charge in [-0.05, 0) is 141 Å². The maximum atomic E-state index is 12.3. The maximum Gasteiger partial charge on any atom is 0.306 e. The Morgan fingerprint density at radius 2 is 0.541 bits per heavy atom. The number of unbranched alkanes of at least 4 members (excludes halogenated alkanes) is 10. The Morgan fingerprint density at radius 1 is 0.311 bits per heavy atom. The third-order valence-corrected chi connectivity index (χ3v) is 11.4. The van der Waals surface area contributed by atoms with Crippen LogP contribution in [0.4, 0.5) is 0 Å². The largest absolute Gasteiger partial charge is 0.462 e. The maximum absolute atomic E-state index is 12.3. The third-order valence-electron chi connectivity index (χ3n) is 11.4. The molecule has 0 saturated heterocycles. The van der Waals surface area contributed by atoms with Crippen LogP contribution in [0.1, 0.15) is 206 Å². The molecule has 0 aliphatic rings. The Hall–Kier alpha value is -5.26. The SMILES string of the molecule is CC/C=C\C/C=C\C/C=C\C/C=C\C/C=C\C/C=C\C/C=C\C/C=C\C/C=C\C/C=C\C/C=C\CCCCCCCC(=O)OC(CO)COC(=O)CCCCCCC/C=C\C/C=C\C/C=C\C/C=C\C/C=C\CC. The zero-order valence-electron chi connectivity index (χ0n) is 46.8. The second-order valence-electron chi connectivity index (χ2n) is 18.2. The highest BCUT2D eigenvalue weighted by Gasteiger charge is 2.16. The summed E-state index contributed by atoms with van der Waals surface area (Å²) in [7, 11) is 0. The zero-order valence-corrected chi connectivity index (χ0v) is 46.8. The molecule has 0 amide bonds. The molecule has 1 N–H and O–H groups in total. The Labute approximate surface area is 454 Å². The summed E-state index contributed by atoms with van der Waals surface area (Å²) in [6, 6.07) is 0. The van der Waals surface area contributed by atoms with Gasteiger partial charge in [0, 0.05) is 12.8 Å². The van der Waals surface area contributed by atoms with Crippen LogP contribution in [-0.2, 0) is 19.1 Å². The molecular formula is C69H104O5. The van der Waals surface area contributed by atoms with Crippen molar-refractivity contribution in [3.63, 3.8) is 0 Å². The second-order valence-corrected chi connectivity index (χ2v) is 18.2. The van der Waals surface area contributed by atoms with Gasteiger partial charge in [0.1, 0.15) is 6.61 Å². The first kappa shape index (κ1) is 68.7. The minimum Gasteiger partial charge on any atom is -0.462 e. The van der Waals surface area contributed by atoms with Crippen LogP contribution in [0.2, 0.25) is 0 Å². The van der Waals surface area contributed by atoms with Gasteiger partial charge in [0.05, 0.1) is 6.61 Å². The summed E-state index contributed by atoms with van der Waals surface area (Å²) in [6.45, 7) is 3.86. The van der Waals surface area contributed by atoms with E-state index in [9.17, 15) is 14.7 Å². The Morgan fingerprint density at radius 3 is 0.811 bits per heavy atom. The molecule has 0 aliphatic carbocycles. The van der Waals surface area contributed by atoms with Crippen LogP contribution in [0.3, 0.4) is 0 Å². The first-order chi connectivity index (χ1) is 36.6. The van der Waals surface area contributed by atoms with Crippen molar-refractivity contribution in [1.29, 1.82) is 0 Å². The third kappa shape index (κ3) is 59.3. The summed E-state index contributed by atoms with van der Waals surface area (Å²) in [5.41, 5.74) is 0. The average molecular weight is 1010 g/mol. The van der Waals surface area contributed by atoms with Crippen molar-refractivity contribution in [2.45, 2.75) is 213 Å². The van der Waals surface area contributed by atoms with Crippen molar-refractivity contribution in [2.75, 3.05) is 13.2 Å². The number of carbonyl (C=O) groups is 2. The summed E-state index contributed by atoms with van der Waals surface area (Å²) >= 11 is 0. The van der Waals surface area contributed by atoms with Crippen LogP contribution < -0.4 is 0 Å². The van der Waals surface area contributed by atoms with Crippen LogP contribution in [0.5, 0.6) is 0 Å². The van der Waals surface area contributed by atoms with Crippen LogP contribution in [0, 0.1) is 0 Å². The van der Waals surface area contributed by atoms with Crippen molar-refractivity contribution in [2.24, 2.45) is 0 Å². The van der Waals surface area contributed by atoms with Crippen molar-refractivity contribution in [3.8, 4) is 0 Å². The number of carbonyl (C=O) groups excluding carboxylic acids is 2. The van der Waals surface area contributed by atoms with Crippen molar-refractivity contribution < 1.29 is 24.2 Å². The summed E-state index contributed by atoms with van der Waals surface area (Å²) < 4.78 is 10.7. The molecule has 0 rings (SSSR count). The van der Waals surface area contributed by atoms with Crippen LogP contribution in [0.25, 0.3) is 0 Å². The second kappa shape index (κ2) is 62.0. The van der Waals surface area contributed by atoms with Gasteiger partial charge >= 0.3 is 11.9 Å². The minimum absolute atomic E-state index is 0.0979. The fourth-order valence-electron chi connectivity index (χ4n) is 7.11. The van der Waals surface area contributed by atoms with Gasteiger partial charge in [-0.15, -0.1) is 0 Å². The van der Waals surface area contributed by atoms with E-state index in [1.807, 2.05) is 0 Å². The predicted molar refractivity (Wildman–Crippen MR) is 324 cm³/mol. The lowest BCUT2D eigenvalue weighted by Crippen LogP contribution is -2.28. The van der Waals surface area contributed by atoms with E-state index in [0.717, 1.165) is 180 Å². The number of esters is 2. The van der Waals surface area contributed by atoms with E-state index in [1.54, 1.807) is 0 Å². The van der Waals surface area contributed by atoms with Gasteiger partial charge in [-0.3, -0.25) is 9.59 Å². The molecule has 5 nitrogen and oxygen atoms in total. The fraction of sp³-hybridized carbons (Fsp3) is 0.507. The number of aliphatic hydroxyl groups excluding tert-OH is 1. The van der Waals surface area contributed by atoms with Crippen molar-refractivity contribution in [3.05, 3.63) is 194 Å². The van der Waals surface area contributed by atoms with Gasteiger partial charge in [0.25, 0.3) is 0 Å². The summed E-state index contributed by atoms with van der Waals surface area (Å²) in [5, 5.41) is 9.65. The van der Waals surface area contributed by atoms with Crippen LogP contribution in [-0.4, -0.2) is 36.4 Å². The molecule has 0 spiro atoms. The monoisotopic (exact) mass is 1010 g/mol. The normalized spacial score (nSPS) is 13.7. The summed E-state index contributed by atoms with van der Waals surface area (Å²) in [6.07, 6.45) is 99.6. The Balaban J connectivity index is 3.70.